The second kappa shape index (κ2) is 7.03. The molecule has 0 bridgehead atoms. The van der Waals surface area contributed by atoms with Crippen LogP contribution in [-0.2, 0) is 10.0 Å². The van der Waals surface area contributed by atoms with Crippen molar-refractivity contribution in [3.63, 3.8) is 0 Å². The van der Waals surface area contributed by atoms with Crippen molar-refractivity contribution in [2.45, 2.75) is 12.5 Å². The molecule has 1 aromatic carbocycles. The highest BCUT2D eigenvalue weighted by Crippen LogP contribution is 2.34. The second-order valence-corrected chi connectivity index (χ2v) is 8.06. The van der Waals surface area contributed by atoms with Crippen molar-refractivity contribution >= 4 is 21.5 Å². The molecule has 0 aliphatic carbocycles. The van der Waals surface area contributed by atoms with Gasteiger partial charge in [-0.1, -0.05) is 0 Å². The van der Waals surface area contributed by atoms with Crippen LogP contribution in [0.25, 0.3) is 0 Å². The Morgan fingerprint density at radius 1 is 1.36 bits per heavy atom. The molecule has 0 radical (unpaired) electrons. The van der Waals surface area contributed by atoms with Crippen LogP contribution in [-0.4, -0.2) is 47.1 Å². The minimum absolute atomic E-state index is 0.241. The first-order chi connectivity index (χ1) is 11.8. The molecule has 2 atom stereocenters. The van der Waals surface area contributed by atoms with Gasteiger partial charge in [-0.05, 0) is 30.7 Å². The fraction of sp³-hybridized carbons (Fsp3) is 0.375. The second-order valence-electron chi connectivity index (χ2n) is 6.07. The van der Waals surface area contributed by atoms with Gasteiger partial charge in [0.15, 0.2) is 0 Å². The Labute approximate surface area is 145 Å². The minimum atomic E-state index is -3.27. The zero-order valence-electron chi connectivity index (χ0n) is 13.6. The fourth-order valence-corrected chi connectivity index (χ4v) is 3.80. The molecule has 1 fully saturated rings. The van der Waals surface area contributed by atoms with E-state index >= 15 is 0 Å². The van der Waals surface area contributed by atoms with Crippen LogP contribution in [0.5, 0.6) is 0 Å². The molecular formula is C16H19FN4O3S. The Hall–Kier alpha value is -2.10. The summed E-state index contributed by atoms with van der Waals surface area (Å²) in [5, 5.41) is 13.7. The molecule has 1 saturated heterocycles. The van der Waals surface area contributed by atoms with E-state index in [9.17, 15) is 17.9 Å². The highest BCUT2D eigenvalue weighted by atomic mass is 32.2. The van der Waals surface area contributed by atoms with E-state index in [1.807, 2.05) is 0 Å². The lowest BCUT2D eigenvalue weighted by atomic mass is 9.96. The summed E-state index contributed by atoms with van der Waals surface area (Å²) < 4.78 is 37.7. The molecule has 2 aromatic rings. The smallest absolute Gasteiger partial charge is 0.211 e. The molecule has 1 aliphatic heterocycles. The number of rotatable bonds is 5. The first-order valence-electron chi connectivity index (χ1n) is 7.80. The fourth-order valence-electron chi connectivity index (χ4n) is 2.90. The number of hydrogen-bond donors (Lipinski definition) is 2. The Morgan fingerprint density at radius 3 is 2.72 bits per heavy atom. The number of anilines is 2. The van der Waals surface area contributed by atoms with Crippen molar-refractivity contribution in [1.82, 2.24) is 14.3 Å². The van der Waals surface area contributed by atoms with E-state index in [1.165, 1.54) is 29.0 Å². The quantitative estimate of drug-likeness (QED) is 0.836. The highest BCUT2D eigenvalue weighted by Gasteiger charge is 2.34. The minimum Gasteiger partial charge on any atom is -0.388 e. The molecule has 7 nitrogen and oxygen atoms in total. The molecule has 1 aromatic heterocycles. The van der Waals surface area contributed by atoms with Gasteiger partial charge in [0.2, 0.25) is 10.0 Å². The molecule has 0 amide bonds. The maximum absolute atomic E-state index is 13.0. The molecule has 1 aliphatic rings. The van der Waals surface area contributed by atoms with Gasteiger partial charge in [0, 0.05) is 36.5 Å². The normalized spacial score (nSPS) is 19.7. The van der Waals surface area contributed by atoms with Crippen LogP contribution in [0.3, 0.4) is 0 Å². The molecule has 2 heterocycles. The van der Waals surface area contributed by atoms with Crippen molar-refractivity contribution < 1.29 is 17.9 Å². The largest absolute Gasteiger partial charge is 0.388 e. The van der Waals surface area contributed by atoms with Crippen LogP contribution >= 0.6 is 0 Å². The van der Waals surface area contributed by atoms with Gasteiger partial charge in [-0.3, -0.25) is 0 Å². The maximum atomic E-state index is 13.0. The van der Waals surface area contributed by atoms with Crippen LogP contribution in [0.4, 0.5) is 15.9 Å². The first kappa shape index (κ1) is 17.7. The number of nitrogens with zero attached hydrogens (tertiary/aromatic N) is 3. The lowest BCUT2D eigenvalue weighted by Crippen LogP contribution is -2.28. The molecule has 25 heavy (non-hydrogen) atoms. The molecule has 3 rings (SSSR count). The summed E-state index contributed by atoms with van der Waals surface area (Å²) in [7, 11) is -3.27. The predicted octanol–water partition coefficient (Wildman–Crippen LogP) is 1.67. The summed E-state index contributed by atoms with van der Waals surface area (Å²) in [4.78, 5) is 8.11. The predicted molar refractivity (Wildman–Crippen MR) is 91.2 cm³/mol. The van der Waals surface area contributed by atoms with Crippen molar-refractivity contribution in [2.75, 3.05) is 24.7 Å². The Balaban J connectivity index is 1.79. The van der Waals surface area contributed by atoms with E-state index in [1.54, 1.807) is 12.1 Å². The van der Waals surface area contributed by atoms with Gasteiger partial charge in [-0.2, -0.15) is 0 Å². The van der Waals surface area contributed by atoms with Crippen molar-refractivity contribution in [1.29, 1.82) is 0 Å². The van der Waals surface area contributed by atoms with E-state index < -0.39 is 16.1 Å². The third-order valence-electron chi connectivity index (χ3n) is 4.27. The van der Waals surface area contributed by atoms with Gasteiger partial charge in [0.25, 0.3) is 0 Å². The molecular weight excluding hydrogens is 347 g/mol. The lowest BCUT2D eigenvalue weighted by molar-refractivity contribution is 0.115. The van der Waals surface area contributed by atoms with E-state index in [0.717, 1.165) is 6.26 Å². The summed E-state index contributed by atoms with van der Waals surface area (Å²) >= 11 is 0. The van der Waals surface area contributed by atoms with Crippen molar-refractivity contribution in [3.05, 3.63) is 48.2 Å². The Kier molecular flexibility index (Phi) is 4.98. The van der Waals surface area contributed by atoms with Crippen molar-refractivity contribution in [2.24, 2.45) is 5.92 Å². The average Bonchev–Trinajstić information content (AvgIpc) is 3.07. The van der Waals surface area contributed by atoms with E-state index in [4.69, 9.17) is 0 Å². The van der Waals surface area contributed by atoms with E-state index in [2.05, 4.69) is 15.3 Å². The summed E-state index contributed by atoms with van der Waals surface area (Å²) in [5.41, 5.74) is 1.10. The Bertz CT molecular complexity index is 845. The average molecular weight is 366 g/mol. The monoisotopic (exact) mass is 366 g/mol. The summed E-state index contributed by atoms with van der Waals surface area (Å²) in [6.45, 7) is 0.639. The molecule has 2 N–H and O–H groups in total. The van der Waals surface area contributed by atoms with E-state index in [-0.39, 0.29) is 18.3 Å². The molecule has 134 valence electrons. The zero-order valence-corrected chi connectivity index (χ0v) is 14.4. The van der Waals surface area contributed by atoms with Gasteiger partial charge >= 0.3 is 0 Å². The summed E-state index contributed by atoms with van der Waals surface area (Å²) in [6, 6.07) is 5.77. The van der Waals surface area contributed by atoms with Crippen LogP contribution in [0.1, 0.15) is 18.1 Å². The molecule has 9 heteroatoms. The van der Waals surface area contributed by atoms with Crippen LogP contribution in [0.15, 0.2) is 36.8 Å². The number of aliphatic hydroxyl groups is 1. The number of nitrogens with one attached hydrogen (secondary N) is 1. The van der Waals surface area contributed by atoms with E-state index in [0.29, 0.717) is 30.0 Å². The van der Waals surface area contributed by atoms with Crippen LogP contribution < -0.4 is 5.32 Å². The SMILES string of the molecule is CS(=O)(=O)N1CCC(C(O)c2cncnc2Nc2ccc(F)cc2)C1. The number of hydrogen-bond acceptors (Lipinski definition) is 6. The number of halogens is 1. The Morgan fingerprint density at radius 2 is 2.08 bits per heavy atom. The van der Waals surface area contributed by atoms with Crippen molar-refractivity contribution in [3.8, 4) is 0 Å². The third-order valence-corrected chi connectivity index (χ3v) is 5.54. The van der Waals surface area contributed by atoms with Crippen LogP contribution in [0.2, 0.25) is 0 Å². The van der Waals surface area contributed by atoms with Gasteiger partial charge in [-0.25, -0.2) is 27.1 Å². The van der Waals surface area contributed by atoms with Gasteiger partial charge < -0.3 is 10.4 Å². The zero-order chi connectivity index (χ0) is 18.0. The first-order valence-corrected chi connectivity index (χ1v) is 9.65. The highest BCUT2D eigenvalue weighted by molar-refractivity contribution is 7.88. The molecule has 0 spiro atoms. The number of aliphatic hydroxyl groups excluding tert-OH is 1. The van der Waals surface area contributed by atoms with Gasteiger partial charge in [-0.15, -0.1) is 0 Å². The van der Waals surface area contributed by atoms with Crippen LogP contribution in [0, 0.1) is 11.7 Å². The molecule has 2 unspecified atom stereocenters. The topological polar surface area (TPSA) is 95.4 Å². The maximum Gasteiger partial charge on any atom is 0.211 e. The summed E-state index contributed by atoms with van der Waals surface area (Å²) in [6.07, 6.45) is 3.66. The number of aromatic nitrogens is 2. The summed E-state index contributed by atoms with van der Waals surface area (Å²) in [5.74, 6) is -0.179. The molecule has 0 saturated carbocycles. The lowest BCUT2D eigenvalue weighted by Gasteiger charge is -2.21. The standard InChI is InChI=1S/C16H19FN4O3S/c1-25(23,24)21-7-6-11(9-21)15(22)14-8-18-10-19-16(14)20-13-4-2-12(17)3-5-13/h2-5,8,10-11,15,22H,6-7,9H2,1H3,(H,18,19,20). The third kappa shape index (κ3) is 4.12. The number of sulfonamides is 1. The van der Waals surface area contributed by atoms with Gasteiger partial charge in [0.05, 0.1) is 12.4 Å². The van der Waals surface area contributed by atoms with Gasteiger partial charge in [0.1, 0.15) is 18.0 Å². The number of benzene rings is 1.